The normalized spacial score (nSPS) is 12.3. The lowest BCUT2D eigenvalue weighted by molar-refractivity contribution is -0.160. The van der Waals surface area contributed by atoms with Crippen molar-refractivity contribution < 1.29 is 14.3 Å². The minimum Gasteiger partial charge on any atom is -0.392 e. The molecule has 0 aliphatic carbocycles. The van der Waals surface area contributed by atoms with Crippen molar-refractivity contribution in [1.82, 2.24) is 0 Å². The molecule has 0 heterocycles. The summed E-state index contributed by atoms with van der Waals surface area (Å²) in [5.74, 6) is -0.702. The maximum absolute atomic E-state index is 11.7. The Bertz CT molecular complexity index is 382. The van der Waals surface area contributed by atoms with Crippen molar-refractivity contribution in [1.29, 1.82) is 0 Å². The van der Waals surface area contributed by atoms with Gasteiger partial charge < -0.3 is 10.5 Å². The number of carbonyl (C=O) groups excluding carboxylic acids is 2. The topological polar surface area (TPSA) is 69.4 Å². The second kappa shape index (κ2) is 19.4. The molecule has 0 saturated heterocycles. The lowest BCUT2D eigenvalue weighted by Crippen LogP contribution is -2.34. The van der Waals surface area contributed by atoms with Gasteiger partial charge in [0.15, 0.2) is 0 Å². The minimum atomic E-state index is -0.690. The van der Waals surface area contributed by atoms with Crippen molar-refractivity contribution in [3.63, 3.8) is 0 Å². The van der Waals surface area contributed by atoms with Crippen LogP contribution in [0.4, 0.5) is 0 Å². The smallest absolute Gasteiger partial charge is 0.330 e. The van der Waals surface area contributed by atoms with Crippen LogP contribution in [0.1, 0.15) is 130 Å². The molecular formula is C24H47NO3. The monoisotopic (exact) mass is 397 g/mol. The van der Waals surface area contributed by atoms with Crippen LogP contribution < -0.4 is 5.73 Å². The van der Waals surface area contributed by atoms with E-state index >= 15 is 0 Å². The van der Waals surface area contributed by atoms with Gasteiger partial charge in [0.1, 0.15) is 6.04 Å². The maximum atomic E-state index is 11.7. The van der Waals surface area contributed by atoms with E-state index in [0.717, 1.165) is 19.3 Å². The van der Waals surface area contributed by atoms with E-state index in [2.05, 4.69) is 6.92 Å². The Balaban J connectivity index is 3.34. The Morgan fingerprint density at radius 3 is 1.50 bits per heavy atom. The van der Waals surface area contributed by atoms with E-state index in [1.54, 1.807) is 0 Å². The highest BCUT2D eigenvalue weighted by Gasteiger charge is 2.19. The van der Waals surface area contributed by atoms with Crippen LogP contribution in [0, 0.1) is 5.92 Å². The van der Waals surface area contributed by atoms with Crippen molar-refractivity contribution in [2.45, 2.75) is 136 Å². The number of unbranched alkanes of at least 4 members (excludes halogenated alkanes) is 14. The van der Waals surface area contributed by atoms with Crippen molar-refractivity contribution in [3.05, 3.63) is 0 Å². The molecule has 0 fully saturated rings. The van der Waals surface area contributed by atoms with E-state index in [9.17, 15) is 9.59 Å². The summed E-state index contributed by atoms with van der Waals surface area (Å²) in [6.45, 7) is 6.25. The largest absolute Gasteiger partial charge is 0.392 e. The van der Waals surface area contributed by atoms with E-state index in [-0.39, 0.29) is 0 Å². The predicted octanol–water partition coefficient (Wildman–Crippen LogP) is 6.69. The summed E-state index contributed by atoms with van der Waals surface area (Å²) in [7, 11) is 0. The Hall–Kier alpha value is -0.900. The molecule has 0 spiro atoms. The Kier molecular flexibility index (Phi) is 18.8. The van der Waals surface area contributed by atoms with Crippen LogP contribution in [-0.2, 0) is 14.3 Å². The van der Waals surface area contributed by atoms with Crippen LogP contribution >= 0.6 is 0 Å². The third-order valence-electron chi connectivity index (χ3n) is 5.23. The SMILES string of the molecule is CCCCCCCCCCCCCCCCCC(=O)OC(=O)[C@@H](N)CC(C)C. The molecule has 0 radical (unpaired) electrons. The first-order chi connectivity index (χ1) is 13.5. The molecule has 0 aliphatic heterocycles. The van der Waals surface area contributed by atoms with Gasteiger partial charge in [-0.3, -0.25) is 4.79 Å². The van der Waals surface area contributed by atoms with Gasteiger partial charge in [-0.1, -0.05) is 111 Å². The lowest BCUT2D eigenvalue weighted by atomic mass is 10.0. The molecule has 0 aromatic rings. The van der Waals surface area contributed by atoms with Crippen LogP contribution in [0.5, 0.6) is 0 Å². The Morgan fingerprint density at radius 2 is 1.11 bits per heavy atom. The average Bonchev–Trinajstić information content (AvgIpc) is 2.64. The standard InChI is InChI=1S/C24H47NO3/c1-4-5-6-7-8-9-10-11-12-13-14-15-16-17-18-19-23(26)28-24(27)22(25)20-21(2)3/h21-22H,4-20,25H2,1-3H3/t22-/m0/s1. The summed E-state index contributed by atoms with van der Waals surface area (Å²) >= 11 is 0. The van der Waals surface area contributed by atoms with Crippen molar-refractivity contribution >= 4 is 11.9 Å². The highest BCUT2D eigenvalue weighted by molar-refractivity contribution is 5.88. The molecule has 4 heteroatoms. The summed E-state index contributed by atoms with van der Waals surface area (Å²) in [4.78, 5) is 23.4. The average molecular weight is 398 g/mol. The van der Waals surface area contributed by atoms with Gasteiger partial charge in [0.25, 0.3) is 0 Å². The summed E-state index contributed by atoms with van der Waals surface area (Å²) < 4.78 is 4.83. The van der Waals surface area contributed by atoms with Crippen molar-refractivity contribution in [3.8, 4) is 0 Å². The number of nitrogens with two attached hydrogens (primary N) is 1. The molecular weight excluding hydrogens is 350 g/mol. The van der Waals surface area contributed by atoms with Gasteiger partial charge >= 0.3 is 11.9 Å². The van der Waals surface area contributed by atoms with Gasteiger partial charge in [0.2, 0.25) is 0 Å². The second-order valence-electron chi connectivity index (χ2n) is 8.73. The van der Waals surface area contributed by atoms with Gasteiger partial charge in [0, 0.05) is 6.42 Å². The zero-order valence-corrected chi connectivity index (χ0v) is 19.0. The quantitative estimate of drug-likeness (QED) is 0.150. The van der Waals surface area contributed by atoms with Gasteiger partial charge in [-0.15, -0.1) is 0 Å². The Labute approximate surface area is 174 Å². The van der Waals surface area contributed by atoms with Gasteiger partial charge in [-0.25, -0.2) is 4.79 Å². The molecule has 0 aromatic carbocycles. The van der Waals surface area contributed by atoms with Crippen molar-refractivity contribution in [2.75, 3.05) is 0 Å². The predicted molar refractivity (Wildman–Crippen MR) is 118 cm³/mol. The van der Waals surface area contributed by atoms with Crippen LogP contribution in [-0.4, -0.2) is 18.0 Å². The first kappa shape index (κ1) is 27.1. The molecule has 0 bridgehead atoms. The molecule has 0 saturated carbocycles. The van der Waals surface area contributed by atoms with E-state index in [4.69, 9.17) is 10.5 Å². The van der Waals surface area contributed by atoms with Gasteiger partial charge in [-0.2, -0.15) is 0 Å². The second-order valence-corrected chi connectivity index (χ2v) is 8.73. The maximum Gasteiger partial charge on any atom is 0.330 e. The fourth-order valence-electron chi connectivity index (χ4n) is 3.48. The van der Waals surface area contributed by atoms with E-state index in [1.165, 1.54) is 77.0 Å². The summed E-state index contributed by atoms with van der Waals surface area (Å²) in [5.41, 5.74) is 5.73. The zero-order valence-electron chi connectivity index (χ0n) is 19.0. The minimum absolute atomic E-state index is 0.313. The van der Waals surface area contributed by atoms with Crippen LogP contribution in [0.15, 0.2) is 0 Å². The summed E-state index contributed by atoms with van der Waals surface area (Å²) in [6, 6.07) is -0.690. The fourth-order valence-corrected chi connectivity index (χ4v) is 3.48. The van der Waals surface area contributed by atoms with E-state index in [0.29, 0.717) is 18.8 Å². The van der Waals surface area contributed by atoms with Gasteiger partial charge in [0.05, 0.1) is 0 Å². The first-order valence-electron chi connectivity index (χ1n) is 12.0. The van der Waals surface area contributed by atoms with E-state index < -0.39 is 18.0 Å². The molecule has 0 aliphatic rings. The lowest BCUT2D eigenvalue weighted by Gasteiger charge is -2.12. The number of ether oxygens (including phenoxy) is 1. The molecule has 4 nitrogen and oxygen atoms in total. The first-order valence-corrected chi connectivity index (χ1v) is 12.0. The molecule has 28 heavy (non-hydrogen) atoms. The summed E-state index contributed by atoms with van der Waals surface area (Å²) in [5, 5.41) is 0. The molecule has 0 aromatic heterocycles. The van der Waals surface area contributed by atoms with Gasteiger partial charge in [-0.05, 0) is 18.8 Å². The van der Waals surface area contributed by atoms with Crippen molar-refractivity contribution in [2.24, 2.45) is 11.7 Å². The van der Waals surface area contributed by atoms with Crippen LogP contribution in [0.25, 0.3) is 0 Å². The molecule has 166 valence electrons. The summed E-state index contributed by atoms with van der Waals surface area (Å²) in [6.07, 6.45) is 20.2. The van der Waals surface area contributed by atoms with Crippen LogP contribution in [0.3, 0.4) is 0 Å². The van der Waals surface area contributed by atoms with E-state index in [1.807, 2.05) is 13.8 Å². The number of esters is 2. The third kappa shape index (κ3) is 18.5. The zero-order chi connectivity index (χ0) is 21.0. The molecule has 0 rings (SSSR count). The highest BCUT2D eigenvalue weighted by atomic mass is 16.6. The fraction of sp³-hybridized carbons (Fsp3) is 0.917. The number of carbonyl (C=O) groups is 2. The number of hydrogen-bond donors (Lipinski definition) is 1. The number of hydrogen-bond acceptors (Lipinski definition) is 4. The highest BCUT2D eigenvalue weighted by Crippen LogP contribution is 2.14. The van der Waals surface area contributed by atoms with Crippen LogP contribution in [0.2, 0.25) is 0 Å². The Morgan fingerprint density at radius 1 is 0.714 bits per heavy atom. The molecule has 1 atom stereocenters. The molecule has 2 N–H and O–H groups in total. The molecule has 0 unspecified atom stereocenters. The number of rotatable bonds is 19. The third-order valence-corrected chi connectivity index (χ3v) is 5.23. The molecule has 0 amide bonds.